The van der Waals surface area contributed by atoms with Crippen molar-refractivity contribution in [3.05, 3.63) is 62.9 Å². The molecule has 0 radical (unpaired) electrons. The third-order valence-corrected chi connectivity index (χ3v) is 4.85. The summed E-state index contributed by atoms with van der Waals surface area (Å²) in [6, 6.07) is 11.5. The number of nitrogens with one attached hydrogen (secondary N) is 2. The summed E-state index contributed by atoms with van der Waals surface area (Å²) in [5, 5.41) is 14.9. The SMILES string of the molecule is Cc1ccc2[nH]cc(C3(O)C(=O)Nc4ccc(I)cc43)c2c1. The number of aliphatic hydroxyl groups is 1. The highest BCUT2D eigenvalue weighted by molar-refractivity contribution is 14.1. The summed E-state index contributed by atoms with van der Waals surface area (Å²) >= 11 is 2.18. The van der Waals surface area contributed by atoms with E-state index in [1.165, 1.54) is 0 Å². The van der Waals surface area contributed by atoms with Crippen LogP contribution in [0.25, 0.3) is 10.9 Å². The van der Waals surface area contributed by atoms with E-state index in [4.69, 9.17) is 0 Å². The first kappa shape index (κ1) is 13.8. The van der Waals surface area contributed by atoms with Crippen LogP contribution in [0.5, 0.6) is 0 Å². The number of amides is 1. The second kappa shape index (κ2) is 4.57. The summed E-state index contributed by atoms with van der Waals surface area (Å²) in [6.07, 6.45) is 1.72. The minimum absolute atomic E-state index is 0.410. The predicted octanol–water partition coefficient (Wildman–Crippen LogP) is 3.27. The van der Waals surface area contributed by atoms with Gasteiger partial charge in [0.05, 0.1) is 0 Å². The van der Waals surface area contributed by atoms with Crippen LogP contribution >= 0.6 is 22.6 Å². The highest BCUT2D eigenvalue weighted by Crippen LogP contribution is 2.43. The summed E-state index contributed by atoms with van der Waals surface area (Å²) in [5.41, 5.74) is 2.17. The van der Waals surface area contributed by atoms with Crippen molar-refractivity contribution >= 4 is 45.1 Å². The summed E-state index contributed by atoms with van der Waals surface area (Å²) in [5.74, 6) is -0.410. The summed E-state index contributed by atoms with van der Waals surface area (Å²) in [4.78, 5) is 15.7. The molecule has 4 rings (SSSR count). The van der Waals surface area contributed by atoms with Crippen LogP contribution in [0.4, 0.5) is 5.69 Å². The second-order valence-corrected chi connectivity index (χ2v) is 6.85. The Morgan fingerprint density at radius 2 is 1.95 bits per heavy atom. The van der Waals surface area contributed by atoms with E-state index in [-0.39, 0.29) is 0 Å². The molecule has 1 aromatic heterocycles. The zero-order valence-corrected chi connectivity index (χ0v) is 13.9. The monoisotopic (exact) mass is 404 g/mol. The lowest BCUT2D eigenvalue weighted by molar-refractivity contribution is -0.129. The van der Waals surface area contributed by atoms with Gasteiger partial charge in [0, 0.05) is 37.5 Å². The van der Waals surface area contributed by atoms with Crippen LogP contribution in [0.2, 0.25) is 0 Å². The van der Waals surface area contributed by atoms with E-state index in [9.17, 15) is 9.90 Å². The van der Waals surface area contributed by atoms with Gasteiger partial charge in [-0.2, -0.15) is 0 Å². The number of H-pyrrole nitrogens is 1. The number of aromatic amines is 1. The second-order valence-electron chi connectivity index (χ2n) is 5.61. The van der Waals surface area contributed by atoms with Gasteiger partial charge in [-0.3, -0.25) is 4.79 Å². The van der Waals surface area contributed by atoms with Crippen LogP contribution in [0.1, 0.15) is 16.7 Å². The molecular weight excluding hydrogens is 391 g/mol. The van der Waals surface area contributed by atoms with Gasteiger partial charge in [0.1, 0.15) is 0 Å². The van der Waals surface area contributed by atoms with Gasteiger partial charge in [0.2, 0.25) is 0 Å². The number of aromatic nitrogens is 1. The topological polar surface area (TPSA) is 65.1 Å². The normalized spacial score (nSPS) is 20.2. The predicted molar refractivity (Wildman–Crippen MR) is 93.8 cm³/mol. The van der Waals surface area contributed by atoms with Crippen LogP contribution < -0.4 is 5.32 Å². The fourth-order valence-electron chi connectivity index (χ4n) is 3.06. The number of aryl methyl sites for hydroxylation is 1. The van der Waals surface area contributed by atoms with Gasteiger partial charge < -0.3 is 15.4 Å². The van der Waals surface area contributed by atoms with E-state index in [1.807, 2.05) is 43.3 Å². The molecule has 4 nitrogen and oxygen atoms in total. The van der Waals surface area contributed by atoms with Crippen LogP contribution in [0.15, 0.2) is 42.6 Å². The Kier molecular flexibility index (Phi) is 2.86. The molecule has 0 saturated carbocycles. The average Bonchev–Trinajstić information content (AvgIpc) is 3.00. The van der Waals surface area contributed by atoms with E-state index in [0.717, 1.165) is 20.0 Å². The first-order valence-corrected chi connectivity index (χ1v) is 8.00. The first-order valence-electron chi connectivity index (χ1n) is 6.92. The summed E-state index contributed by atoms with van der Waals surface area (Å²) < 4.78 is 0.974. The third-order valence-electron chi connectivity index (χ3n) is 4.18. The molecule has 1 aliphatic rings. The molecule has 5 heteroatoms. The van der Waals surface area contributed by atoms with E-state index < -0.39 is 11.5 Å². The van der Waals surface area contributed by atoms with Crippen LogP contribution in [0, 0.1) is 10.5 Å². The van der Waals surface area contributed by atoms with Crippen molar-refractivity contribution in [3.63, 3.8) is 0 Å². The molecule has 110 valence electrons. The molecule has 0 spiro atoms. The van der Waals surface area contributed by atoms with Gasteiger partial charge in [-0.1, -0.05) is 11.6 Å². The molecule has 1 aliphatic heterocycles. The number of halogens is 1. The molecule has 1 unspecified atom stereocenters. The highest BCUT2D eigenvalue weighted by Gasteiger charge is 2.48. The number of carbonyl (C=O) groups is 1. The smallest absolute Gasteiger partial charge is 0.265 e. The molecule has 0 bridgehead atoms. The molecule has 3 aromatic rings. The van der Waals surface area contributed by atoms with Gasteiger partial charge in [-0.15, -0.1) is 0 Å². The number of anilines is 1. The van der Waals surface area contributed by atoms with Gasteiger partial charge in [0.15, 0.2) is 5.60 Å². The fraction of sp³-hybridized carbons (Fsp3) is 0.118. The number of hydrogen-bond donors (Lipinski definition) is 3. The quantitative estimate of drug-likeness (QED) is 0.546. The van der Waals surface area contributed by atoms with Crippen LogP contribution in [-0.4, -0.2) is 16.0 Å². The Balaban J connectivity index is 2.03. The Morgan fingerprint density at radius 3 is 2.77 bits per heavy atom. The summed E-state index contributed by atoms with van der Waals surface area (Å²) in [7, 11) is 0. The number of carbonyl (C=O) groups excluding carboxylic acids is 1. The number of hydrogen-bond acceptors (Lipinski definition) is 2. The molecule has 2 aromatic carbocycles. The van der Waals surface area contributed by atoms with Crippen molar-refractivity contribution in [2.45, 2.75) is 12.5 Å². The lowest BCUT2D eigenvalue weighted by Gasteiger charge is -2.20. The maximum absolute atomic E-state index is 12.5. The molecule has 22 heavy (non-hydrogen) atoms. The van der Waals surface area contributed by atoms with E-state index >= 15 is 0 Å². The number of rotatable bonds is 1. The largest absolute Gasteiger partial charge is 0.372 e. The van der Waals surface area contributed by atoms with E-state index in [0.29, 0.717) is 16.8 Å². The van der Waals surface area contributed by atoms with Gasteiger partial charge in [0.25, 0.3) is 5.91 Å². The molecule has 1 amide bonds. The number of benzene rings is 2. The zero-order valence-electron chi connectivity index (χ0n) is 11.8. The molecule has 0 fully saturated rings. The van der Waals surface area contributed by atoms with Crippen molar-refractivity contribution in [2.24, 2.45) is 0 Å². The number of fused-ring (bicyclic) bond motifs is 2. The molecular formula is C17H13IN2O2. The van der Waals surface area contributed by atoms with E-state index in [2.05, 4.69) is 32.9 Å². The van der Waals surface area contributed by atoms with Crippen molar-refractivity contribution < 1.29 is 9.90 Å². The zero-order chi connectivity index (χ0) is 15.5. The molecule has 3 N–H and O–H groups in total. The first-order chi connectivity index (χ1) is 10.5. The maximum Gasteiger partial charge on any atom is 0.265 e. The molecule has 0 saturated heterocycles. The Bertz CT molecular complexity index is 932. The minimum atomic E-state index is -1.66. The lowest BCUT2D eigenvalue weighted by atomic mass is 9.87. The lowest BCUT2D eigenvalue weighted by Crippen LogP contribution is -2.35. The maximum atomic E-state index is 12.5. The van der Waals surface area contributed by atoms with Crippen LogP contribution in [0.3, 0.4) is 0 Å². The fourth-order valence-corrected chi connectivity index (χ4v) is 3.55. The third kappa shape index (κ3) is 1.75. The molecule has 2 heterocycles. The molecule has 0 aliphatic carbocycles. The average molecular weight is 404 g/mol. The van der Waals surface area contributed by atoms with Gasteiger partial charge in [-0.25, -0.2) is 0 Å². The minimum Gasteiger partial charge on any atom is -0.372 e. The van der Waals surface area contributed by atoms with Crippen molar-refractivity contribution in [2.75, 3.05) is 5.32 Å². The standard InChI is InChI=1S/C17H13IN2O2/c1-9-2-4-14-11(6-9)13(8-19-14)17(22)12-7-10(18)3-5-15(12)20-16(17)21/h2-8,19,22H,1H3,(H,20,21). The van der Waals surface area contributed by atoms with Crippen LogP contribution in [-0.2, 0) is 10.4 Å². The Morgan fingerprint density at radius 1 is 1.14 bits per heavy atom. The Hall–Kier alpha value is -1.86. The van der Waals surface area contributed by atoms with Crippen molar-refractivity contribution in [3.8, 4) is 0 Å². The van der Waals surface area contributed by atoms with Crippen molar-refractivity contribution in [1.82, 2.24) is 4.98 Å². The Labute approximate surface area is 140 Å². The van der Waals surface area contributed by atoms with Crippen molar-refractivity contribution in [1.29, 1.82) is 0 Å². The highest BCUT2D eigenvalue weighted by atomic mass is 127. The summed E-state index contributed by atoms with van der Waals surface area (Å²) in [6.45, 7) is 1.99. The van der Waals surface area contributed by atoms with E-state index in [1.54, 1.807) is 6.20 Å². The van der Waals surface area contributed by atoms with Gasteiger partial charge >= 0.3 is 0 Å². The molecule has 1 atom stereocenters. The van der Waals surface area contributed by atoms with Gasteiger partial charge in [-0.05, 0) is 59.8 Å².